The zero-order valence-electron chi connectivity index (χ0n) is 10.0. The van der Waals surface area contributed by atoms with Crippen LogP contribution in [0.3, 0.4) is 0 Å². The fourth-order valence-corrected chi connectivity index (χ4v) is 2.30. The molecule has 0 aromatic heterocycles. The van der Waals surface area contributed by atoms with E-state index in [-0.39, 0.29) is 36.1 Å². The van der Waals surface area contributed by atoms with Gasteiger partial charge in [0.25, 0.3) is 0 Å². The second kappa shape index (κ2) is 4.31. The van der Waals surface area contributed by atoms with Gasteiger partial charge in [-0.25, -0.2) is 0 Å². The molecule has 2 atom stereocenters. The minimum absolute atomic E-state index is 0.127. The predicted octanol–water partition coefficient (Wildman–Crippen LogP) is 0.0258. The molecule has 0 aromatic carbocycles. The number of fused-ring (bicyclic) bond motifs is 1. The molecule has 0 radical (unpaired) electrons. The van der Waals surface area contributed by atoms with E-state index in [2.05, 4.69) is 0 Å². The molecule has 0 saturated carbocycles. The molecule has 1 aliphatic heterocycles. The summed E-state index contributed by atoms with van der Waals surface area (Å²) < 4.78 is 0. The zero-order chi connectivity index (χ0) is 12.6. The summed E-state index contributed by atoms with van der Waals surface area (Å²) in [6, 6.07) is 0. The second-order valence-electron chi connectivity index (χ2n) is 4.71. The van der Waals surface area contributed by atoms with Gasteiger partial charge < -0.3 is 4.90 Å². The van der Waals surface area contributed by atoms with Gasteiger partial charge in [-0.3, -0.25) is 19.3 Å². The molecule has 0 unspecified atom stereocenters. The van der Waals surface area contributed by atoms with Crippen molar-refractivity contribution in [2.24, 2.45) is 11.8 Å². The lowest BCUT2D eigenvalue weighted by atomic mass is 9.85. The number of carbonyl (C=O) groups excluding carboxylic acids is 3. The van der Waals surface area contributed by atoms with Crippen LogP contribution >= 0.6 is 0 Å². The topological polar surface area (TPSA) is 57.7 Å². The van der Waals surface area contributed by atoms with Crippen LogP contribution < -0.4 is 0 Å². The average molecular weight is 236 g/mol. The first-order valence-corrected chi connectivity index (χ1v) is 5.72. The van der Waals surface area contributed by atoms with Crippen molar-refractivity contribution in [1.29, 1.82) is 0 Å². The van der Waals surface area contributed by atoms with E-state index >= 15 is 0 Å². The van der Waals surface area contributed by atoms with Crippen LogP contribution in [0.2, 0.25) is 0 Å². The predicted molar refractivity (Wildman–Crippen MR) is 60.8 cm³/mol. The number of amides is 3. The molecule has 0 N–H and O–H groups in total. The highest BCUT2D eigenvalue weighted by atomic mass is 16.2. The fourth-order valence-electron chi connectivity index (χ4n) is 2.30. The maximum atomic E-state index is 12.0. The molecule has 0 bridgehead atoms. The number of likely N-dealkylation sites (N-methyl/N-ethyl adjacent to an activating group) is 1. The van der Waals surface area contributed by atoms with Gasteiger partial charge >= 0.3 is 0 Å². The number of nitrogens with zero attached hydrogens (tertiary/aromatic N) is 2. The summed E-state index contributed by atoms with van der Waals surface area (Å²) in [7, 11) is 3.23. The summed E-state index contributed by atoms with van der Waals surface area (Å²) in [6.07, 6.45) is 5.09. The van der Waals surface area contributed by atoms with Crippen molar-refractivity contribution in [3.05, 3.63) is 12.2 Å². The highest BCUT2D eigenvalue weighted by molar-refractivity contribution is 6.07. The molecule has 0 spiro atoms. The van der Waals surface area contributed by atoms with Gasteiger partial charge in [-0.1, -0.05) is 12.2 Å². The summed E-state index contributed by atoms with van der Waals surface area (Å²) in [6.45, 7) is -0.127. The molecule has 1 saturated heterocycles. The average Bonchev–Trinajstić information content (AvgIpc) is 2.55. The van der Waals surface area contributed by atoms with Crippen molar-refractivity contribution in [2.45, 2.75) is 12.8 Å². The minimum atomic E-state index is -0.248. The SMILES string of the molecule is CN(C)C(=O)CN1C(=O)[C@@H]2CC=CC[C@H]2C1=O. The summed E-state index contributed by atoms with van der Waals surface area (Å²) in [4.78, 5) is 38.1. The summed E-state index contributed by atoms with van der Waals surface area (Å²) in [5.41, 5.74) is 0. The Kier molecular flexibility index (Phi) is 3.00. The van der Waals surface area contributed by atoms with E-state index in [1.54, 1.807) is 14.1 Å². The molecule has 3 amide bonds. The third-order valence-electron chi connectivity index (χ3n) is 3.39. The highest BCUT2D eigenvalue weighted by Gasteiger charge is 2.47. The maximum Gasteiger partial charge on any atom is 0.242 e. The lowest BCUT2D eigenvalue weighted by Gasteiger charge is -2.17. The molecular formula is C12H16N2O3. The monoisotopic (exact) mass is 236 g/mol. The number of hydrogen-bond donors (Lipinski definition) is 0. The molecule has 5 heteroatoms. The highest BCUT2D eigenvalue weighted by Crippen LogP contribution is 2.34. The molecule has 1 heterocycles. The van der Waals surface area contributed by atoms with Crippen LogP contribution in [0.15, 0.2) is 12.2 Å². The second-order valence-corrected chi connectivity index (χ2v) is 4.71. The quantitative estimate of drug-likeness (QED) is 0.502. The Bertz CT molecular complexity index is 375. The van der Waals surface area contributed by atoms with Crippen molar-refractivity contribution >= 4 is 17.7 Å². The Labute approximate surface area is 100 Å². The van der Waals surface area contributed by atoms with Gasteiger partial charge in [0.15, 0.2) is 0 Å². The molecule has 1 fully saturated rings. The first-order chi connectivity index (χ1) is 8.02. The van der Waals surface area contributed by atoms with Gasteiger partial charge in [0.2, 0.25) is 17.7 Å². The Balaban J connectivity index is 2.13. The molecule has 17 heavy (non-hydrogen) atoms. The van der Waals surface area contributed by atoms with Crippen molar-refractivity contribution in [3.8, 4) is 0 Å². The van der Waals surface area contributed by atoms with Gasteiger partial charge in [0.1, 0.15) is 6.54 Å². The van der Waals surface area contributed by atoms with Gasteiger partial charge in [0.05, 0.1) is 11.8 Å². The Morgan fingerprint density at radius 2 is 1.71 bits per heavy atom. The van der Waals surface area contributed by atoms with Gasteiger partial charge in [-0.2, -0.15) is 0 Å². The first kappa shape index (κ1) is 11.8. The number of rotatable bonds is 2. The van der Waals surface area contributed by atoms with Crippen molar-refractivity contribution in [1.82, 2.24) is 9.80 Å². The van der Waals surface area contributed by atoms with Crippen LogP contribution in [-0.4, -0.2) is 48.2 Å². The van der Waals surface area contributed by atoms with E-state index in [1.165, 1.54) is 4.90 Å². The van der Waals surface area contributed by atoms with E-state index < -0.39 is 0 Å². The molecule has 2 aliphatic rings. The standard InChI is InChI=1S/C12H16N2O3/c1-13(2)10(15)7-14-11(16)8-5-3-4-6-9(8)12(14)17/h3-4,8-9H,5-7H2,1-2H3/t8-,9-/m1/s1. The zero-order valence-corrected chi connectivity index (χ0v) is 10.0. The molecule has 0 aromatic rings. The third-order valence-corrected chi connectivity index (χ3v) is 3.39. The number of likely N-dealkylation sites (tertiary alicyclic amines) is 1. The van der Waals surface area contributed by atoms with Crippen LogP contribution in [-0.2, 0) is 14.4 Å². The van der Waals surface area contributed by atoms with Gasteiger partial charge in [0, 0.05) is 14.1 Å². The Morgan fingerprint density at radius 1 is 1.24 bits per heavy atom. The lowest BCUT2D eigenvalue weighted by molar-refractivity contribution is -0.145. The van der Waals surface area contributed by atoms with Crippen molar-refractivity contribution in [2.75, 3.05) is 20.6 Å². The number of imide groups is 1. The van der Waals surface area contributed by atoms with Crippen LogP contribution in [0.25, 0.3) is 0 Å². The molecule has 2 rings (SSSR count). The van der Waals surface area contributed by atoms with E-state index in [4.69, 9.17) is 0 Å². The van der Waals surface area contributed by atoms with Crippen LogP contribution in [0.4, 0.5) is 0 Å². The maximum absolute atomic E-state index is 12.0. The van der Waals surface area contributed by atoms with E-state index in [0.29, 0.717) is 12.8 Å². The smallest absolute Gasteiger partial charge is 0.242 e. The van der Waals surface area contributed by atoms with E-state index in [1.807, 2.05) is 12.2 Å². The van der Waals surface area contributed by atoms with E-state index in [0.717, 1.165) is 4.90 Å². The van der Waals surface area contributed by atoms with Crippen LogP contribution in [0.1, 0.15) is 12.8 Å². The summed E-state index contributed by atoms with van der Waals surface area (Å²) >= 11 is 0. The van der Waals surface area contributed by atoms with Gasteiger partial charge in [-0.15, -0.1) is 0 Å². The molecule has 5 nitrogen and oxygen atoms in total. The van der Waals surface area contributed by atoms with Crippen molar-refractivity contribution in [3.63, 3.8) is 0 Å². The van der Waals surface area contributed by atoms with Gasteiger partial charge in [-0.05, 0) is 12.8 Å². The first-order valence-electron chi connectivity index (χ1n) is 5.72. The number of hydrogen-bond acceptors (Lipinski definition) is 3. The Morgan fingerprint density at radius 3 is 2.12 bits per heavy atom. The summed E-state index contributed by atoms with van der Waals surface area (Å²) in [5.74, 6) is -1.11. The fraction of sp³-hybridized carbons (Fsp3) is 0.583. The van der Waals surface area contributed by atoms with E-state index in [9.17, 15) is 14.4 Å². The molecule has 1 aliphatic carbocycles. The number of carbonyl (C=O) groups is 3. The molecular weight excluding hydrogens is 220 g/mol. The largest absolute Gasteiger partial charge is 0.347 e. The van der Waals surface area contributed by atoms with Crippen molar-refractivity contribution < 1.29 is 14.4 Å². The summed E-state index contributed by atoms with van der Waals surface area (Å²) in [5, 5.41) is 0. The molecule has 92 valence electrons. The Hall–Kier alpha value is -1.65. The lowest BCUT2D eigenvalue weighted by Crippen LogP contribution is -2.40. The minimum Gasteiger partial charge on any atom is -0.347 e. The van der Waals surface area contributed by atoms with Crippen LogP contribution in [0.5, 0.6) is 0 Å². The normalized spacial score (nSPS) is 27.3. The van der Waals surface area contributed by atoms with Crippen LogP contribution in [0, 0.1) is 11.8 Å². The number of allylic oxidation sites excluding steroid dienone is 2. The third kappa shape index (κ3) is 1.97.